The molecule has 2 aromatic rings. The number of carbonyl (C=O) groups is 1. The third-order valence-corrected chi connectivity index (χ3v) is 5.33. The van der Waals surface area contributed by atoms with Crippen molar-refractivity contribution in [3.8, 4) is 5.75 Å². The predicted molar refractivity (Wildman–Crippen MR) is 104 cm³/mol. The molecule has 0 saturated carbocycles. The highest BCUT2D eigenvalue weighted by molar-refractivity contribution is 5.74. The molecule has 1 unspecified atom stereocenters. The average Bonchev–Trinajstić information content (AvgIpc) is 2.73. The fourth-order valence-corrected chi connectivity index (χ4v) is 3.71. The summed E-state index contributed by atoms with van der Waals surface area (Å²) in [5.41, 5.74) is 2.09. The van der Waals surface area contributed by atoms with E-state index in [1.807, 2.05) is 29.2 Å². The number of hydrogen-bond donors (Lipinski definition) is 1. The number of amides is 2. The lowest BCUT2D eigenvalue weighted by molar-refractivity contribution is 0.00412. The molecule has 2 aliphatic heterocycles. The number of carbonyl (C=O) groups excluding carboxylic acids is 1. The molecule has 2 heterocycles. The van der Waals surface area contributed by atoms with Crippen LogP contribution in [0.4, 0.5) is 9.18 Å². The predicted octanol–water partition coefficient (Wildman–Crippen LogP) is 3.52. The van der Waals surface area contributed by atoms with Crippen molar-refractivity contribution < 1.29 is 18.7 Å². The van der Waals surface area contributed by atoms with Crippen LogP contribution in [0.3, 0.4) is 0 Å². The Morgan fingerprint density at radius 2 is 1.89 bits per heavy atom. The highest BCUT2D eigenvalue weighted by Crippen LogP contribution is 2.24. The summed E-state index contributed by atoms with van der Waals surface area (Å²) in [6, 6.07) is 14.3. The molecular formula is C22H25FN2O3. The molecule has 2 aliphatic rings. The second kappa shape index (κ2) is 8.61. The summed E-state index contributed by atoms with van der Waals surface area (Å²) in [4.78, 5) is 14.4. The normalized spacial score (nSPS) is 19.6. The topological polar surface area (TPSA) is 50.8 Å². The number of benzene rings is 2. The standard InChI is InChI=1S/C22H25FN2O3/c23-18-7-5-16(6-8-18)14-27-20-9-11-25(12-10-20)22(26)24-19-13-17-3-1-2-4-21(17)28-15-19/h1-8,19-20H,9-15H2,(H,24,26). The largest absolute Gasteiger partial charge is 0.491 e. The van der Waals surface area contributed by atoms with Gasteiger partial charge in [-0.15, -0.1) is 0 Å². The van der Waals surface area contributed by atoms with E-state index < -0.39 is 0 Å². The fraction of sp³-hybridized carbons (Fsp3) is 0.409. The second-order valence-electron chi connectivity index (χ2n) is 7.39. The number of hydrogen-bond acceptors (Lipinski definition) is 3. The van der Waals surface area contributed by atoms with Crippen LogP contribution < -0.4 is 10.1 Å². The molecule has 2 amide bonds. The molecule has 0 spiro atoms. The molecule has 0 radical (unpaired) electrons. The number of rotatable bonds is 4. The lowest BCUT2D eigenvalue weighted by atomic mass is 10.0. The number of piperidine rings is 1. The van der Waals surface area contributed by atoms with Crippen LogP contribution in [0.5, 0.6) is 5.75 Å². The van der Waals surface area contributed by atoms with Crippen LogP contribution >= 0.6 is 0 Å². The molecule has 4 rings (SSSR count). The maximum absolute atomic E-state index is 12.9. The first-order valence-electron chi connectivity index (χ1n) is 9.79. The Morgan fingerprint density at radius 3 is 2.68 bits per heavy atom. The van der Waals surface area contributed by atoms with Gasteiger partial charge in [0, 0.05) is 13.1 Å². The fourth-order valence-electron chi connectivity index (χ4n) is 3.71. The van der Waals surface area contributed by atoms with E-state index in [4.69, 9.17) is 9.47 Å². The van der Waals surface area contributed by atoms with Crippen molar-refractivity contribution in [1.82, 2.24) is 10.2 Å². The van der Waals surface area contributed by atoms with Gasteiger partial charge < -0.3 is 19.7 Å². The van der Waals surface area contributed by atoms with Crippen LogP contribution in [-0.4, -0.2) is 42.8 Å². The summed E-state index contributed by atoms with van der Waals surface area (Å²) in [6.45, 7) is 2.31. The molecule has 28 heavy (non-hydrogen) atoms. The molecule has 1 atom stereocenters. The molecule has 0 aliphatic carbocycles. The van der Waals surface area contributed by atoms with Gasteiger partial charge in [-0.1, -0.05) is 30.3 Å². The maximum atomic E-state index is 12.9. The summed E-state index contributed by atoms with van der Waals surface area (Å²) in [5.74, 6) is 0.669. The van der Waals surface area contributed by atoms with E-state index in [0.29, 0.717) is 26.3 Å². The van der Waals surface area contributed by atoms with Crippen LogP contribution in [0, 0.1) is 5.82 Å². The minimum atomic E-state index is -0.241. The van der Waals surface area contributed by atoms with E-state index in [9.17, 15) is 9.18 Å². The summed E-state index contributed by atoms with van der Waals surface area (Å²) in [5, 5.41) is 3.09. The Bertz CT molecular complexity index is 804. The summed E-state index contributed by atoms with van der Waals surface area (Å²) in [7, 11) is 0. The minimum Gasteiger partial charge on any atom is -0.491 e. The number of nitrogens with zero attached hydrogens (tertiary/aromatic N) is 1. The van der Waals surface area contributed by atoms with Gasteiger partial charge in [-0.05, 0) is 48.6 Å². The van der Waals surface area contributed by atoms with Crippen LogP contribution in [0.25, 0.3) is 0 Å². The zero-order valence-corrected chi connectivity index (χ0v) is 15.8. The van der Waals surface area contributed by atoms with E-state index in [1.165, 1.54) is 12.1 Å². The van der Waals surface area contributed by atoms with Crippen molar-refractivity contribution >= 4 is 6.03 Å². The van der Waals surface area contributed by atoms with Crippen molar-refractivity contribution in [2.45, 2.75) is 38.0 Å². The lowest BCUT2D eigenvalue weighted by Crippen LogP contribution is -2.51. The number of fused-ring (bicyclic) bond motifs is 1. The van der Waals surface area contributed by atoms with Gasteiger partial charge in [-0.3, -0.25) is 0 Å². The highest BCUT2D eigenvalue weighted by atomic mass is 19.1. The van der Waals surface area contributed by atoms with E-state index in [2.05, 4.69) is 5.32 Å². The first kappa shape index (κ1) is 18.7. The van der Waals surface area contributed by atoms with Gasteiger partial charge >= 0.3 is 6.03 Å². The van der Waals surface area contributed by atoms with E-state index in [1.54, 1.807) is 12.1 Å². The summed E-state index contributed by atoms with van der Waals surface area (Å²) >= 11 is 0. The van der Waals surface area contributed by atoms with Gasteiger partial charge in [0.1, 0.15) is 18.2 Å². The van der Waals surface area contributed by atoms with Gasteiger partial charge in [-0.25, -0.2) is 9.18 Å². The van der Waals surface area contributed by atoms with Gasteiger partial charge in [0.05, 0.1) is 18.8 Å². The molecule has 1 saturated heterocycles. The minimum absolute atomic E-state index is 0.00477. The van der Waals surface area contributed by atoms with Gasteiger partial charge in [0.2, 0.25) is 0 Å². The number of ether oxygens (including phenoxy) is 2. The molecular weight excluding hydrogens is 359 g/mol. The van der Waals surface area contributed by atoms with Crippen molar-refractivity contribution in [3.63, 3.8) is 0 Å². The third kappa shape index (κ3) is 4.62. The van der Waals surface area contributed by atoms with E-state index in [-0.39, 0.29) is 24.0 Å². The zero-order valence-electron chi connectivity index (χ0n) is 15.8. The first-order valence-corrected chi connectivity index (χ1v) is 9.79. The van der Waals surface area contributed by atoms with Crippen molar-refractivity contribution in [2.24, 2.45) is 0 Å². The summed E-state index contributed by atoms with van der Waals surface area (Å²) < 4.78 is 24.6. The quantitative estimate of drug-likeness (QED) is 0.878. The highest BCUT2D eigenvalue weighted by Gasteiger charge is 2.27. The average molecular weight is 384 g/mol. The van der Waals surface area contributed by atoms with Crippen molar-refractivity contribution in [2.75, 3.05) is 19.7 Å². The maximum Gasteiger partial charge on any atom is 0.317 e. The molecule has 1 N–H and O–H groups in total. The van der Waals surface area contributed by atoms with E-state index >= 15 is 0 Å². The number of halogens is 1. The summed E-state index contributed by atoms with van der Waals surface area (Å²) in [6.07, 6.45) is 2.52. The molecule has 148 valence electrons. The first-order chi connectivity index (χ1) is 13.7. The number of urea groups is 1. The third-order valence-electron chi connectivity index (χ3n) is 5.33. The second-order valence-corrected chi connectivity index (χ2v) is 7.39. The number of nitrogens with one attached hydrogen (secondary N) is 1. The Morgan fingerprint density at radius 1 is 1.14 bits per heavy atom. The van der Waals surface area contributed by atoms with Gasteiger partial charge in [0.15, 0.2) is 0 Å². The molecule has 0 aromatic heterocycles. The molecule has 0 bridgehead atoms. The number of para-hydroxylation sites is 1. The molecule has 1 fully saturated rings. The lowest BCUT2D eigenvalue weighted by Gasteiger charge is -2.34. The SMILES string of the molecule is O=C(NC1COc2ccccc2C1)N1CCC(OCc2ccc(F)cc2)CC1. The Balaban J connectivity index is 1.20. The Kier molecular flexibility index (Phi) is 5.76. The van der Waals surface area contributed by atoms with Gasteiger partial charge in [-0.2, -0.15) is 0 Å². The van der Waals surface area contributed by atoms with Gasteiger partial charge in [0.25, 0.3) is 0 Å². The molecule has 2 aromatic carbocycles. The van der Waals surface area contributed by atoms with Crippen molar-refractivity contribution in [3.05, 3.63) is 65.5 Å². The van der Waals surface area contributed by atoms with Crippen LogP contribution in [0.2, 0.25) is 0 Å². The van der Waals surface area contributed by atoms with Crippen LogP contribution in [-0.2, 0) is 17.8 Å². The molecule has 6 heteroatoms. The molecule has 5 nitrogen and oxygen atoms in total. The monoisotopic (exact) mass is 384 g/mol. The van der Waals surface area contributed by atoms with E-state index in [0.717, 1.165) is 36.1 Å². The zero-order chi connectivity index (χ0) is 19.3. The number of likely N-dealkylation sites (tertiary alicyclic amines) is 1. The Labute approximate surface area is 164 Å². The van der Waals surface area contributed by atoms with Crippen molar-refractivity contribution in [1.29, 1.82) is 0 Å². The van der Waals surface area contributed by atoms with Crippen LogP contribution in [0.15, 0.2) is 48.5 Å². The Hall–Kier alpha value is -2.60. The van der Waals surface area contributed by atoms with Crippen LogP contribution in [0.1, 0.15) is 24.0 Å². The smallest absolute Gasteiger partial charge is 0.317 e.